The van der Waals surface area contributed by atoms with Crippen LogP contribution >= 0.6 is 0 Å². The number of hydrogen-bond donors (Lipinski definition) is 1. The van der Waals surface area contributed by atoms with Crippen molar-refractivity contribution in [1.29, 1.82) is 0 Å². The Bertz CT molecular complexity index is 402. The standard InChI is InChI=1S/C18H29NO/c1-14(2)17-9-4-5-10-18(17)19-12-11-15-7-6-8-16(13-15)20-3/h6-8,13-14,17-19H,4-5,9-12H2,1-3H3. The zero-order valence-corrected chi connectivity index (χ0v) is 13.2. The van der Waals surface area contributed by atoms with Crippen molar-refractivity contribution in [3.8, 4) is 5.75 Å². The van der Waals surface area contributed by atoms with Crippen molar-refractivity contribution in [3.05, 3.63) is 29.8 Å². The van der Waals surface area contributed by atoms with E-state index in [2.05, 4.69) is 37.4 Å². The molecule has 0 spiro atoms. The van der Waals surface area contributed by atoms with Gasteiger partial charge in [-0.2, -0.15) is 0 Å². The van der Waals surface area contributed by atoms with E-state index < -0.39 is 0 Å². The fraction of sp³-hybridized carbons (Fsp3) is 0.667. The number of ether oxygens (including phenoxy) is 1. The van der Waals surface area contributed by atoms with Crippen molar-refractivity contribution in [1.82, 2.24) is 5.32 Å². The van der Waals surface area contributed by atoms with Gasteiger partial charge in [0.15, 0.2) is 0 Å². The summed E-state index contributed by atoms with van der Waals surface area (Å²) in [5.74, 6) is 2.61. The molecule has 1 aliphatic carbocycles. The van der Waals surface area contributed by atoms with E-state index in [0.717, 1.165) is 30.6 Å². The summed E-state index contributed by atoms with van der Waals surface area (Å²) in [6.07, 6.45) is 6.63. The van der Waals surface area contributed by atoms with Crippen molar-refractivity contribution in [2.75, 3.05) is 13.7 Å². The Hall–Kier alpha value is -1.02. The average Bonchev–Trinajstić information content (AvgIpc) is 2.48. The number of methoxy groups -OCH3 is 1. The third-order valence-corrected chi connectivity index (χ3v) is 4.63. The molecule has 0 heterocycles. The van der Waals surface area contributed by atoms with Gasteiger partial charge in [0.05, 0.1) is 7.11 Å². The van der Waals surface area contributed by atoms with E-state index in [1.54, 1.807) is 7.11 Å². The van der Waals surface area contributed by atoms with Gasteiger partial charge >= 0.3 is 0 Å². The van der Waals surface area contributed by atoms with Crippen LogP contribution in [0.25, 0.3) is 0 Å². The highest BCUT2D eigenvalue weighted by Gasteiger charge is 2.26. The SMILES string of the molecule is COc1cccc(CCNC2CCCCC2C(C)C)c1. The van der Waals surface area contributed by atoms with Crippen LogP contribution in [0.15, 0.2) is 24.3 Å². The number of nitrogens with one attached hydrogen (secondary N) is 1. The highest BCUT2D eigenvalue weighted by molar-refractivity contribution is 5.28. The Balaban J connectivity index is 1.82. The first kappa shape index (κ1) is 15.4. The van der Waals surface area contributed by atoms with E-state index in [1.165, 1.54) is 31.2 Å². The predicted octanol–water partition coefficient (Wildman–Crippen LogP) is 4.04. The molecule has 1 saturated carbocycles. The number of hydrogen-bond acceptors (Lipinski definition) is 2. The highest BCUT2D eigenvalue weighted by Crippen LogP contribution is 2.30. The molecule has 1 fully saturated rings. The molecule has 0 aromatic heterocycles. The molecule has 0 saturated heterocycles. The van der Waals surface area contributed by atoms with E-state index in [4.69, 9.17) is 4.74 Å². The molecule has 1 N–H and O–H groups in total. The molecule has 112 valence electrons. The van der Waals surface area contributed by atoms with Crippen molar-refractivity contribution in [3.63, 3.8) is 0 Å². The molecule has 1 aliphatic rings. The molecule has 2 nitrogen and oxygen atoms in total. The predicted molar refractivity (Wildman–Crippen MR) is 85.3 cm³/mol. The molecule has 20 heavy (non-hydrogen) atoms. The fourth-order valence-corrected chi connectivity index (χ4v) is 3.44. The second-order valence-electron chi connectivity index (χ2n) is 6.35. The zero-order chi connectivity index (χ0) is 14.4. The van der Waals surface area contributed by atoms with Crippen LogP contribution in [0, 0.1) is 11.8 Å². The van der Waals surface area contributed by atoms with Crippen LogP contribution in [-0.2, 0) is 6.42 Å². The molecule has 1 aromatic carbocycles. The summed E-state index contributed by atoms with van der Waals surface area (Å²) in [5.41, 5.74) is 1.36. The Morgan fingerprint density at radius 1 is 1.25 bits per heavy atom. The van der Waals surface area contributed by atoms with E-state index in [-0.39, 0.29) is 0 Å². The van der Waals surface area contributed by atoms with Crippen LogP contribution in [-0.4, -0.2) is 19.7 Å². The summed E-state index contributed by atoms with van der Waals surface area (Å²) >= 11 is 0. The molecule has 1 aromatic rings. The van der Waals surface area contributed by atoms with Crippen molar-refractivity contribution in [2.24, 2.45) is 11.8 Å². The van der Waals surface area contributed by atoms with Gasteiger partial charge in [-0.15, -0.1) is 0 Å². The Kier molecular flexibility index (Phi) is 5.90. The lowest BCUT2D eigenvalue weighted by Crippen LogP contribution is -2.41. The van der Waals surface area contributed by atoms with Gasteiger partial charge in [0.2, 0.25) is 0 Å². The summed E-state index contributed by atoms with van der Waals surface area (Å²) in [6.45, 7) is 5.81. The molecule has 0 amide bonds. The molecule has 2 unspecified atom stereocenters. The summed E-state index contributed by atoms with van der Waals surface area (Å²) in [4.78, 5) is 0. The van der Waals surface area contributed by atoms with Crippen LogP contribution in [0.5, 0.6) is 5.75 Å². The zero-order valence-electron chi connectivity index (χ0n) is 13.2. The molecule has 0 radical (unpaired) electrons. The van der Waals surface area contributed by atoms with E-state index in [1.807, 2.05) is 6.07 Å². The van der Waals surface area contributed by atoms with E-state index in [0.29, 0.717) is 6.04 Å². The Labute approximate surface area is 123 Å². The smallest absolute Gasteiger partial charge is 0.119 e. The second-order valence-corrected chi connectivity index (χ2v) is 6.35. The maximum absolute atomic E-state index is 5.28. The minimum Gasteiger partial charge on any atom is -0.497 e. The minimum absolute atomic E-state index is 0.717. The molecular weight excluding hydrogens is 246 g/mol. The Morgan fingerprint density at radius 3 is 2.80 bits per heavy atom. The summed E-state index contributed by atoms with van der Waals surface area (Å²) in [5, 5.41) is 3.80. The molecule has 0 aliphatic heterocycles. The first-order valence-corrected chi connectivity index (χ1v) is 8.07. The van der Waals surface area contributed by atoms with Crippen molar-refractivity contribution in [2.45, 2.75) is 52.0 Å². The highest BCUT2D eigenvalue weighted by atomic mass is 16.5. The van der Waals surface area contributed by atoms with Crippen LogP contribution < -0.4 is 10.1 Å². The van der Waals surface area contributed by atoms with Crippen LogP contribution in [0.2, 0.25) is 0 Å². The lowest BCUT2D eigenvalue weighted by atomic mass is 9.78. The van der Waals surface area contributed by atoms with Gasteiger partial charge in [-0.1, -0.05) is 38.8 Å². The van der Waals surface area contributed by atoms with Crippen LogP contribution in [0.1, 0.15) is 45.1 Å². The maximum atomic E-state index is 5.28. The van der Waals surface area contributed by atoms with Gasteiger partial charge in [0.25, 0.3) is 0 Å². The van der Waals surface area contributed by atoms with Gasteiger partial charge in [-0.3, -0.25) is 0 Å². The van der Waals surface area contributed by atoms with Gasteiger partial charge < -0.3 is 10.1 Å². The normalized spacial score (nSPS) is 23.0. The summed E-state index contributed by atoms with van der Waals surface area (Å²) in [6, 6.07) is 9.13. The van der Waals surface area contributed by atoms with E-state index in [9.17, 15) is 0 Å². The third-order valence-electron chi connectivity index (χ3n) is 4.63. The maximum Gasteiger partial charge on any atom is 0.119 e. The Morgan fingerprint density at radius 2 is 2.05 bits per heavy atom. The largest absolute Gasteiger partial charge is 0.497 e. The molecule has 0 bridgehead atoms. The quantitative estimate of drug-likeness (QED) is 0.846. The first-order valence-electron chi connectivity index (χ1n) is 8.07. The summed E-state index contributed by atoms with van der Waals surface area (Å²) < 4.78 is 5.28. The third kappa shape index (κ3) is 4.24. The van der Waals surface area contributed by atoms with E-state index >= 15 is 0 Å². The lowest BCUT2D eigenvalue weighted by Gasteiger charge is -2.35. The second kappa shape index (κ2) is 7.68. The number of rotatable bonds is 6. The van der Waals surface area contributed by atoms with Crippen LogP contribution in [0.4, 0.5) is 0 Å². The molecule has 2 heteroatoms. The van der Waals surface area contributed by atoms with Crippen molar-refractivity contribution >= 4 is 0 Å². The number of benzene rings is 1. The molecule has 2 rings (SSSR count). The monoisotopic (exact) mass is 275 g/mol. The van der Waals surface area contributed by atoms with Crippen molar-refractivity contribution < 1.29 is 4.74 Å². The molecule has 2 atom stereocenters. The van der Waals surface area contributed by atoms with Gasteiger partial charge in [0.1, 0.15) is 5.75 Å². The van der Waals surface area contributed by atoms with Crippen LogP contribution in [0.3, 0.4) is 0 Å². The van der Waals surface area contributed by atoms with Gasteiger partial charge in [0, 0.05) is 6.04 Å². The minimum atomic E-state index is 0.717. The fourth-order valence-electron chi connectivity index (χ4n) is 3.44. The topological polar surface area (TPSA) is 21.3 Å². The molecular formula is C18H29NO. The average molecular weight is 275 g/mol. The first-order chi connectivity index (χ1) is 9.70. The van der Waals surface area contributed by atoms with Gasteiger partial charge in [-0.05, 0) is 55.3 Å². The summed E-state index contributed by atoms with van der Waals surface area (Å²) in [7, 11) is 1.73. The van der Waals surface area contributed by atoms with Gasteiger partial charge in [-0.25, -0.2) is 0 Å². The lowest BCUT2D eigenvalue weighted by molar-refractivity contribution is 0.207.